The Kier molecular flexibility index (Phi) is 39.6. The number of hydrogen-bond acceptors (Lipinski definition) is 3. The summed E-state index contributed by atoms with van der Waals surface area (Å²) in [5, 5.41) is 0. The Bertz CT molecular complexity index is 36.2. The third-order valence-corrected chi connectivity index (χ3v) is 0. The average Bonchev–Trinajstić information content (AvgIpc) is 1.46. The molecule has 3 nitrogen and oxygen atoms in total. The second-order valence-corrected chi connectivity index (χ2v) is 0.682. The molecular formula is HAlHfO3. The predicted octanol–water partition coefficient (Wildman–Crippen LogP) is -1.01. The van der Waals surface area contributed by atoms with Gasteiger partial charge < -0.3 is 0 Å². The summed E-state index contributed by atoms with van der Waals surface area (Å²) in [7, 11) is 0. The molecule has 0 aliphatic heterocycles. The van der Waals surface area contributed by atoms with Gasteiger partial charge in [0, 0.05) is 0 Å². The molecule has 0 N–H and O–H groups in total. The van der Waals surface area contributed by atoms with Gasteiger partial charge in [-0.3, -0.25) is 0 Å². The summed E-state index contributed by atoms with van der Waals surface area (Å²) in [6.07, 6.45) is 0. The van der Waals surface area contributed by atoms with E-state index >= 15 is 0 Å². The fraction of sp³-hybridized carbons (Fsp3) is 0. The van der Waals surface area contributed by atoms with Gasteiger partial charge in [0.2, 0.25) is 0 Å². The molecule has 0 aromatic carbocycles. The standard InChI is InChI=1S/Al.Hf.3O.H. The molecule has 0 amide bonds. The average molecular weight is 254 g/mol. The summed E-state index contributed by atoms with van der Waals surface area (Å²) < 4.78 is 25.4. The molecule has 0 aromatic rings. The summed E-state index contributed by atoms with van der Waals surface area (Å²) in [6.45, 7) is 0. The van der Waals surface area contributed by atoms with E-state index in [1.165, 1.54) is 0 Å². The second-order valence-electron chi connectivity index (χ2n) is 0.0833. The second kappa shape index (κ2) is 21.4. The van der Waals surface area contributed by atoms with E-state index in [9.17, 15) is 0 Å². The molecule has 0 fully saturated rings. The molecule has 5 heteroatoms. The first-order chi connectivity index (χ1) is 2.41. The van der Waals surface area contributed by atoms with Crippen molar-refractivity contribution < 1.29 is 32.4 Å². The maximum absolute atomic E-state index is 8.57. The molecule has 26 valence electrons. The van der Waals surface area contributed by atoms with Crippen LogP contribution in [0.4, 0.5) is 0 Å². The van der Waals surface area contributed by atoms with E-state index in [1.807, 2.05) is 0 Å². The molecule has 0 aliphatic carbocycles. The fourth-order valence-electron chi connectivity index (χ4n) is 0. The van der Waals surface area contributed by atoms with E-state index < -0.39 is 22.9 Å². The van der Waals surface area contributed by atoms with Crippen LogP contribution in [0.15, 0.2) is 0 Å². The van der Waals surface area contributed by atoms with E-state index in [0.29, 0.717) is 16.2 Å². The van der Waals surface area contributed by atoms with Crippen molar-refractivity contribution in [1.29, 1.82) is 0 Å². The zero-order valence-electron chi connectivity index (χ0n) is 2.43. The SMILES string of the molecule is [O]=[AlH].[O]=[Hf]=[O]. The van der Waals surface area contributed by atoms with Crippen molar-refractivity contribution in [3.05, 3.63) is 0 Å². The molecule has 0 bridgehead atoms. The van der Waals surface area contributed by atoms with Crippen LogP contribution in [0.2, 0.25) is 0 Å². The van der Waals surface area contributed by atoms with Gasteiger partial charge >= 0.3 is 48.6 Å². The van der Waals surface area contributed by atoms with E-state index in [2.05, 4.69) is 0 Å². The van der Waals surface area contributed by atoms with Gasteiger partial charge in [0.15, 0.2) is 0 Å². The zero-order chi connectivity index (χ0) is 4.71. The van der Waals surface area contributed by atoms with Crippen molar-refractivity contribution in [2.75, 3.05) is 0 Å². The number of rotatable bonds is 0. The van der Waals surface area contributed by atoms with Gasteiger partial charge in [0.1, 0.15) is 0 Å². The van der Waals surface area contributed by atoms with E-state index in [-0.39, 0.29) is 0 Å². The minimum absolute atomic E-state index is 0.611. The van der Waals surface area contributed by atoms with Crippen LogP contribution in [-0.2, 0) is 32.4 Å². The first-order valence-corrected chi connectivity index (χ1v) is 4.21. The first kappa shape index (κ1) is 9.26. The molecule has 5 heavy (non-hydrogen) atoms. The molecule has 0 heterocycles. The van der Waals surface area contributed by atoms with Crippen LogP contribution in [0.3, 0.4) is 0 Å². The van der Waals surface area contributed by atoms with E-state index in [4.69, 9.17) is 9.51 Å². The Labute approximate surface area is 48.6 Å². The summed E-state index contributed by atoms with van der Waals surface area (Å²) >= 11 is -1.81. The molecule has 0 saturated heterocycles. The van der Waals surface area contributed by atoms with Crippen LogP contribution in [0.25, 0.3) is 0 Å². The molecule has 0 spiro atoms. The Morgan fingerprint density at radius 2 is 1.20 bits per heavy atom. The molecule has 0 atom stereocenters. The molecule has 0 aromatic heterocycles. The van der Waals surface area contributed by atoms with Gasteiger partial charge in [-0.25, -0.2) is 0 Å². The third kappa shape index (κ3) is 58.6. The third-order valence-electron chi connectivity index (χ3n) is 0. The van der Waals surface area contributed by atoms with Crippen molar-refractivity contribution in [3.63, 3.8) is 0 Å². The van der Waals surface area contributed by atoms with Crippen LogP contribution in [0.1, 0.15) is 0 Å². The summed E-state index contributed by atoms with van der Waals surface area (Å²) in [4.78, 5) is 0. The van der Waals surface area contributed by atoms with Crippen molar-refractivity contribution in [3.8, 4) is 0 Å². The van der Waals surface area contributed by atoms with Crippen molar-refractivity contribution in [2.45, 2.75) is 0 Å². The van der Waals surface area contributed by atoms with E-state index in [0.717, 1.165) is 0 Å². The molecule has 0 rings (SSSR count). The van der Waals surface area contributed by atoms with Gasteiger partial charge in [0.25, 0.3) is 0 Å². The van der Waals surface area contributed by atoms with Crippen LogP contribution in [0, 0.1) is 0 Å². The fourth-order valence-corrected chi connectivity index (χ4v) is 0. The zero-order valence-corrected chi connectivity index (χ0v) is 7.44. The molecular weight excluding hydrogens is 253 g/mol. The minimum atomic E-state index is -2.42. The maximum atomic E-state index is 8.57. The van der Waals surface area contributed by atoms with Crippen molar-refractivity contribution >= 4 is 16.2 Å². The molecule has 0 saturated carbocycles. The van der Waals surface area contributed by atoms with Gasteiger partial charge in [-0.1, -0.05) is 0 Å². The molecule has 0 aliphatic rings. The molecule has 0 radical (unpaired) electrons. The van der Waals surface area contributed by atoms with Crippen LogP contribution in [0.5, 0.6) is 0 Å². The Hall–Kier alpha value is 0.803. The van der Waals surface area contributed by atoms with Crippen LogP contribution in [-0.4, -0.2) is 16.2 Å². The van der Waals surface area contributed by atoms with Crippen molar-refractivity contribution in [1.82, 2.24) is 0 Å². The summed E-state index contributed by atoms with van der Waals surface area (Å²) in [5.74, 6) is 0. The van der Waals surface area contributed by atoms with Gasteiger partial charge in [-0.2, -0.15) is 0 Å². The normalized spacial score (nSPS) is 2.20. The quantitative estimate of drug-likeness (QED) is 0.521. The van der Waals surface area contributed by atoms with E-state index in [1.54, 1.807) is 0 Å². The first-order valence-electron chi connectivity index (χ1n) is 0.697. The number of hydrogen-bond donors (Lipinski definition) is 0. The molecule has 0 unspecified atom stereocenters. The van der Waals surface area contributed by atoms with Gasteiger partial charge in [0.05, 0.1) is 0 Å². The monoisotopic (exact) mass is 256 g/mol. The van der Waals surface area contributed by atoms with Crippen molar-refractivity contribution in [2.24, 2.45) is 0 Å². The topological polar surface area (TPSA) is 51.2 Å². The predicted molar refractivity (Wildman–Crippen MR) is 9.21 cm³/mol. The van der Waals surface area contributed by atoms with Crippen LogP contribution < -0.4 is 0 Å². The summed E-state index contributed by atoms with van der Waals surface area (Å²) in [5.41, 5.74) is 0. The van der Waals surface area contributed by atoms with Gasteiger partial charge in [-0.15, -0.1) is 0 Å². The van der Waals surface area contributed by atoms with Crippen LogP contribution >= 0.6 is 0 Å². The Balaban J connectivity index is 0. The summed E-state index contributed by atoms with van der Waals surface area (Å²) in [6, 6.07) is 0. The van der Waals surface area contributed by atoms with Gasteiger partial charge in [-0.05, 0) is 0 Å². The Morgan fingerprint density at radius 3 is 1.20 bits per heavy atom. The Morgan fingerprint density at radius 1 is 1.20 bits per heavy atom.